The predicted molar refractivity (Wildman–Crippen MR) is 200 cm³/mol. The molecule has 0 radical (unpaired) electrons. The van der Waals surface area contributed by atoms with Crippen LogP contribution in [-0.2, 0) is 27.3 Å². The number of nitrogens with one attached hydrogen (secondary N) is 2. The van der Waals surface area contributed by atoms with Crippen molar-refractivity contribution in [2.75, 3.05) is 51.8 Å². The molecule has 2 N–H and O–H groups in total. The number of amides is 5. The summed E-state index contributed by atoms with van der Waals surface area (Å²) < 4.78 is 5.77. The minimum absolute atomic E-state index is 0.0453. The average Bonchev–Trinajstić information content (AvgIpc) is 3.10. The van der Waals surface area contributed by atoms with E-state index < -0.39 is 17.2 Å². The molecule has 4 aliphatic rings. The van der Waals surface area contributed by atoms with Crippen molar-refractivity contribution in [1.82, 2.24) is 25.4 Å². The molecule has 12 nitrogen and oxygen atoms in total. The highest BCUT2D eigenvalue weighted by Crippen LogP contribution is 2.27. The third-order valence-electron chi connectivity index (χ3n) is 8.74. The first-order valence-electron chi connectivity index (χ1n) is 17.6. The first-order chi connectivity index (χ1) is 24.5. The maximum absolute atomic E-state index is 13.6. The summed E-state index contributed by atoms with van der Waals surface area (Å²) in [6.07, 6.45) is 2.49. The Hall–Kier alpha value is -5.26. The van der Waals surface area contributed by atoms with Crippen molar-refractivity contribution in [3.8, 4) is 5.75 Å². The molecule has 0 saturated heterocycles. The second-order valence-electron chi connectivity index (χ2n) is 15.4. The summed E-state index contributed by atoms with van der Waals surface area (Å²) >= 11 is 0. The number of carbonyl (C=O) groups is 5. The maximum Gasteiger partial charge on any atom is 0.270 e. The molecule has 278 valence electrons. The largest absolute Gasteiger partial charge is 0.490 e. The Morgan fingerprint density at radius 2 is 1.42 bits per heavy atom. The lowest BCUT2D eigenvalue weighted by Crippen LogP contribution is -2.44. The smallest absolute Gasteiger partial charge is 0.270 e. The van der Waals surface area contributed by atoms with Crippen molar-refractivity contribution in [2.45, 2.75) is 60.4 Å². The number of hydrogen-bond donors (Lipinski definition) is 2. The Balaban J connectivity index is 1.53. The van der Waals surface area contributed by atoms with E-state index in [-0.39, 0.29) is 61.4 Å². The molecule has 5 heterocycles. The van der Waals surface area contributed by atoms with E-state index in [1.54, 1.807) is 65.2 Å². The minimum atomic E-state index is -0.552. The van der Waals surface area contributed by atoms with Gasteiger partial charge in [0.25, 0.3) is 11.8 Å². The van der Waals surface area contributed by atoms with Gasteiger partial charge in [0.05, 0.1) is 19.3 Å². The molecule has 4 aliphatic heterocycles. The second-order valence-corrected chi connectivity index (χ2v) is 15.4. The average molecular weight is 713 g/mol. The SMILES string of the molecule is CN1CCOc2ccc(nc2)C(=O)NCc2cccc(c2)C(=O)NCC(=O)N(CC(C)(C)C)c2ccc(cc2)CCN(C)C(=O)CC(C)(C)CC1=O. The second kappa shape index (κ2) is 17.3. The van der Waals surface area contributed by atoms with Crippen molar-refractivity contribution < 1.29 is 28.7 Å². The zero-order valence-corrected chi connectivity index (χ0v) is 31.5. The van der Waals surface area contributed by atoms with Gasteiger partial charge in [-0.15, -0.1) is 0 Å². The van der Waals surface area contributed by atoms with E-state index in [1.165, 1.54) is 6.20 Å². The number of pyridine rings is 1. The minimum Gasteiger partial charge on any atom is -0.490 e. The molecule has 0 saturated carbocycles. The van der Waals surface area contributed by atoms with E-state index in [0.717, 1.165) is 5.56 Å². The molecule has 2 aromatic carbocycles. The molecule has 7 rings (SSSR count). The molecule has 0 atom stereocenters. The molecule has 0 unspecified atom stereocenters. The first-order valence-corrected chi connectivity index (χ1v) is 17.6. The van der Waals surface area contributed by atoms with E-state index in [0.29, 0.717) is 48.6 Å². The molecule has 12 heteroatoms. The Labute approximate surface area is 306 Å². The summed E-state index contributed by atoms with van der Waals surface area (Å²) in [4.78, 5) is 74.9. The number of hydrogen-bond acceptors (Lipinski definition) is 7. The summed E-state index contributed by atoms with van der Waals surface area (Å²) in [5.74, 6) is -0.733. The topological polar surface area (TPSA) is 141 Å². The van der Waals surface area contributed by atoms with Gasteiger partial charge in [-0.25, -0.2) is 4.98 Å². The van der Waals surface area contributed by atoms with Gasteiger partial charge in [-0.3, -0.25) is 24.0 Å². The molecule has 5 amide bonds. The molecule has 3 aromatic rings. The molecule has 52 heavy (non-hydrogen) atoms. The van der Waals surface area contributed by atoms with Gasteiger partial charge >= 0.3 is 0 Å². The lowest BCUT2D eigenvalue weighted by Gasteiger charge is -2.30. The van der Waals surface area contributed by atoms with Crippen LogP contribution in [0.3, 0.4) is 0 Å². The van der Waals surface area contributed by atoms with Crippen molar-refractivity contribution in [3.63, 3.8) is 0 Å². The molecule has 6 bridgehead atoms. The van der Waals surface area contributed by atoms with Gasteiger partial charge in [0.2, 0.25) is 17.7 Å². The molecule has 1 aromatic heterocycles. The van der Waals surface area contributed by atoms with Crippen molar-refractivity contribution in [3.05, 3.63) is 89.2 Å². The summed E-state index contributed by atoms with van der Waals surface area (Å²) in [6, 6.07) is 17.7. The van der Waals surface area contributed by atoms with Crippen LogP contribution in [0.2, 0.25) is 0 Å². The number of ether oxygens (including phenoxy) is 1. The van der Waals surface area contributed by atoms with E-state index in [2.05, 4.69) is 15.6 Å². The highest BCUT2D eigenvalue weighted by atomic mass is 16.5. The Morgan fingerprint density at radius 1 is 0.769 bits per heavy atom. The van der Waals surface area contributed by atoms with Crippen LogP contribution in [0.15, 0.2) is 66.9 Å². The van der Waals surface area contributed by atoms with Crippen LogP contribution < -0.4 is 20.3 Å². The molecular weight excluding hydrogens is 660 g/mol. The number of benzene rings is 2. The standard InChI is InChI=1S/C40H52N6O6/c1-39(2,3)27-46-31-13-11-28(12-14-31)17-18-44(6)34(47)22-40(4,5)23-35(48)45(7)19-20-52-32-15-16-33(41-25-32)38(51)42-24-29-9-8-10-30(21-29)37(50)43-26-36(46)49/h8-16,21,25H,17-20,22-24,26-27H2,1-7H3,(H,42,51)(H,43,50). The monoisotopic (exact) mass is 712 g/mol. The van der Waals surface area contributed by atoms with Crippen LogP contribution in [0.25, 0.3) is 0 Å². The van der Waals surface area contributed by atoms with Crippen LogP contribution in [-0.4, -0.2) is 91.2 Å². The van der Waals surface area contributed by atoms with Gasteiger partial charge in [-0.05, 0) is 64.8 Å². The lowest BCUT2D eigenvalue weighted by molar-refractivity contribution is -0.135. The predicted octanol–water partition coefficient (Wildman–Crippen LogP) is 4.48. The van der Waals surface area contributed by atoms with Crippen molar-refractivity contribution >= 4 is 35.2 Å². The third kappa shape index (κ3) is 11.9. The normalized spacial score (nSPS) is 17.7. The van der Waals surface area contributed by atoms with Gasteiger partial charge in [-0.1, -0.05) is 58.9 Å². The summed E-state index contributed by atoms with van der Waals surface area (Å²) in [6.45, 7) is 11.4. The Morgan fingerprint density at radius 3 is 2.06 bits per heavy atom. The van der Waals surface area contributed by atoms with E-state index in [4.69, 9.17) is 4.74 Å². The van der Waals surface area contributed by atoms with Gasteiger partial charge in [0.1, 0.15) is 18.1 Å². The van der Waals surface area contributed by atoms with Crippen LogP contribution >= 0.6 is 0 Å². The fraction of sp³-hybridized carbons (Fsp3) is 0.450. The fourth-order valence-electron chi connectivity index (χ4n) is 5.69. The van der Waals surface area contributed by atoms with E-state index in [1.807, 2.05) is 58.9 Å². The first kappa shape index (κ1) is 39.5. The van der Waals surface area contributed by atoms with E-state index in [9.17, 15) is 24.0 Å². The highest BCUT2D eigenvalue weighted by Gasteiger charge is 2.28. The Bertz CT molecular complexity index is 1730. The summed E-state index contributed by atoms with van der Waals surface area (Å²) in [5, 5.41) is 5.58. The van der Waals surface area contributed by atoms with Gasteiger partial charge in [-0.2, -0.15) is 0 Å². The van der Waals surface area contributed by atoms with Gasteiger partial charge < -0.3 is 30.1 Å². The highest BCUT2D eigenvalue weighted by molar-refractivity contribution is 6.00. The molecule has 0 fully saturated rings. The van der Waals surface area contributed by atoms with Crippen LogP contribution in [0.4, 0.5) is 5.69 Å². The van der Waals surface area contributed by atoms with Crippen molar-refractivity contribution in [1.29, 1.82) is 0 Å². The zero-order valence-electron chi connectivity index (χ0n) is 31.5. The third-order valence-corrected chi connectivity index (χ3v) is 8.74. The van der Waals surface area contributed by atoms with Gasteiger partial charge in [0, 0.05) is 57.8 Å². The number of rotatable bonds is 1. The number of nitrogens with zero attached hydrogens (tertiary/aromatic N) is 4. The van der Waals surface area contributed by atoms with E-state index >= 15 is 0 Å². The maximum atomic E-state index is 13.6. The fourth-order valence-corrected chi connectivity index (χ4v) is 5.69. The zero-order chi connectivity index (χ0) is 38.1. The molecular formula is C40H52N6O6. The van der Waals surface area contributed by atoms with Crippen LogP contribution in [0, 0.1) is 10.8 Å². The van der Waals surface area contributed by atoms with Crippen molar-refractivity contribution in [2.24, 2.45) is 10.8 Å². The number of likely N-dealkylation sites (N-methyl/N-ethyl adjacent to an activating group) is 2. The van der Waals surface area contributed by atoms with Crippen LogP contribution in [0.5, 0.6) is 5.75 Å². The van der Waals surface area contributed by atoms with Gasteiger partial charge in [0.15, 0.2) is 0 Å². The number of anilines is 1. The number of aromatic nitrogens is 1. The van der Waals surface area contributed by atoms with Crippen LogP contribution in [0.1, 0.15) is 79.4 Å². The summed E-state index contributed by atoms with van der Waals surface area (Å²) in [7, 11) is 3.47. The molecule has 0 aliphatic carbocycles. The molecule has 0 spiro atoms. The Kier molecular flexibility index (Phi) is 13.2. The lowest BCUT2D eigenvalue weighted by atomic mass is 9.84. The quantitative estimate of drug-likeness (QED) is 0.379. The number of carbonyl (C=O) groups excluding carboxylic acids is 5. The summed E-state index contributed by atoms with van der Waals surface area (Å²) in [5.41, 5.74) is 2.22.